The lowest BCUT2D eigenvalue weighted by atomic mass is 9.86. The van der Waals surface area contributed by atoms with Gasteiger partial charge in [0.1, 0.15) is 29.9 Å². The number of esters is 1. The molecule has 1 N–H and O–H groups in total. The summed E-state index contributed by atoms with van der Waals surface area (Å²) in [7, 11) is 6.18. The smallest absolute Gasteiger partial charge is 0.347 e. The summed E-state index contributed by atoms with van der Waals surface area (Å²) in [5.74, 6) is -2.38. The van der Waals surface area contributed by atoms with E-state index in [0.29, 0.717) is 17.3 Å². The number of ether oxygens (including phenoxy) is 2. The number of halogens is 4. The predicted molar refractivity (Wildman–Crippen MR) is 120 cm³/mol. The van der Waals surface area contributed by atoms with Crippen molar-refractivity contribution in [3.63, 3.8) is 0 Å². The van der Waals surface area contributed by atoms with Crippen LogP contribution in [0, 0.1) is 11.6 Å². The average Bonchev–Trinajstić information content (AvgIpc) is 3.52. The van der Waals surface area contributed by atoms with Gasteiger partial charge in [-0.2, -0.15) is 0 Å². The quantitative estimate of drug-likeness (QED) is 0.374. The van der Waals surface area contributed by atoms with Gasteiger partial charge in [0, 0.05) is 17.5 Å². The molecule has 2 aromatic carbocycles. The third-order valence-corrected chi connectivity index (χ3v) is 7.10. The third kappa shape index (κ3) is 4.75. The van der Waals surface area contributed by atoms with Crippen molar-refractivity contribution >= 4 is 29.2 Å². The molecule has 2 fully saturated rings. The molecule has 1 saturated carbocycles. The molecule has 0 radical (unpaired) electrons. The van der Waals surface area contributed by atoms with Crippen LogP contribution in [0.15, 0.2) is 36.4 Å². The normalized spacial score (nSPS) is 25.2. The van der Waals surface area contributed by atoms with Crippen LogP contribution in [-0.2, 0) is 19.9 Å². The fraction of sp³-hybridized carbons (Fsp3) is 0.458. The Bertz CT molecular complexity index is 1020. The molecule has 2 aromatic rings. The highest BCUT2D eigenvalue weighted by atomic mass is 35.5. The van der Waals surface area contributed by atoms with Crippen molar-refractivity contribution in [2.45, 2.75) is 49.2 Å². The molecule has 1 aliphatic carbocycles. The van der Waals surface area contributed by atoms with Gasteiger partial charge in [-0.1, -0.05) is 35.3 Å². The highest BCUT2D eigenvalue weighted by molar-refractivity contribution is 6.31. The van der Waals surface area contributed by atoms with Crippen molar-refractivity contribution in [1.29, 1.82) is 0 Å². The van der Waals surface area contributed by atoms with Crippen molar-refractivity contribution in [3.05, 3.63) is 69.2 Å². The van der Waals surface area contributed by atoms with Crippen LogP contribution < -0.4 is 0 Å². The molecule has 0 amide bonds. The number of hydrogen-bond acceptors (Lipinski definition) is 4. The molecule has 0 spiro atoms. The fourth-order valence-corrected chi connectivity index (χ4v) is 4.91. The Morgan fingerprint density at radius 1 is 1.06 bits per heavy atom. The first-order valence-electron chi connectivity index (χ1n) is 10.7. The van der Waals surface area contributed by atoms with Gasteiger partial charge in [0.25, 0.3) is 0 Å². The molecule has 0 bridgehead atoms. The Morgan fingerprint density at radius 2 is 1.61 bits per heavy atom. The predicted octanol–water partition coefficient (Wildman–Crippen LogP) is 4.45. The van der Waals surface area contributed by atoms with Crippen molar-refractivity contribution in [2.24, 2.45) is 0 Å². The highest BCUT2D eigenvalue weighted by Gasteiger charge is 2.54. The minimum atomic E-state index is -2.37. The lowest BCUT2D eigenvalue weighted by molar-refractivity contribution is -0.897. The van der Waals surface area contributed by atoms with Gasteiger partial charge in [0.2, 0.25) is 5.60 Å². The van der Waals surface area contributed by atoms with E-state index in [1.54, 1.807) is 0 Å². The number of carbonyl (C=O) groups is 1. The maximum Gasteiger partial charge on any atom is 0.347 e. The molecular weight excluding hydrogens is 475 g/mol. The highest BCUT2D eigenvalue weighted by Crippen LogP contribution is 2.41. The summed E-state index contributed by atoms with van der Waals surface area (Å²) in [6.45, 7) is 0. The summed E-state index contributed by atoms with van der Waals surface area (Å²) in [6.07, 6.45) is 1.66. The van der Waals surface area contributed by atoms with Crippen LogP contribution in [0.1, 0.15) is 30.4 Å². The monoisotopic (exact) mass is 500 g/mol. The number of carbonyl (C=O) groups excluding carboxylic acids is 1. The Balaban J connectivity index is 1.69. The first-order valence-corrected chi connectivity index (χ1v) is 11.5. The minimum absolute atomic E-state index is 0.00969. The SMILES string of the molecule is C[N+](C)(C)C1C[C@H](OC(=O)C(O)(c2ccc(F)c(Cl)c2)c2ccc(F)c(Cl)c2)CC[C@H]2OC12. The second-order valence-electron chi connectivity index (χ2n) is 9.63. The first kappa shape index (κ1) is 24.4. The van der Waals surface area contributed by atoms with Crippen molar-refractivity contribution in [3.8, 4) is 0 Å². The van der Waals surface area contributed by atoms with Crippen LogP contribution in [0.25, 0.3) is 0 Å². The van der Waals surface area contributed by atoms with Crippen LogP contribution in [0.4, 0.5) is 8.78 Å². The number of epoxide rings is 1. The Hall–Kier alpha value is -1.77. The van der Waals surface area contributed by atoms with Gasteiger partial charge in [-0.15, -0.1) is 0 Å². The molecule has 1 aliphatic heterocycles. The molecule has 2 unspecified atom stereocenters. The number of benzene rings is 2. The Labute approximate surface area is 201 Å². The molecular formula is C24H26Cl2F2NO4+. The van der Waals surface area contributed by atoms with Crippen LogP contribution in [-0.4, -0.2) is 61.1 Å². The number of quaternary nitrogens is 1. The van der Waals surface area contributed by atoms with Gasteiger partial charge in [0.05, 0.1) is 37.3 Å². The van der Waals surface area contributed by atoms with E-state index in [9.17, 15) is 18.7 Å². The molecule has 4 atom stereocenters. The summed E-state index contributed by atoms with van der Waals surface area (Å²) in [5, 5.41) is 11.1. The maximum atomic E-state index is 13.8. The Kier molecular flexibility index (Phi) is 6.48. The second kappa shape index (κ2) is 8.78. The number of fused-ring (bicyclic) bond motifs is 1. The van der Waals surface area contributed by atoms with E-state index >= 15 is 0 Å². The third-order valence-electron chi connectivity index (χ3n) is 6.52. The molecule has 4 rings (SSSR count). The maximum absolute atomic E-state index is 13.8. The summed E-state index contributed by atoms with van der Waals surface area (Å²) in [6, 6.07) is 7.00. The van der Waals surface area contributed by atoms with E-state index in [0.717, 1.165) is 30.7 Å². The topological polar surface area (TPSA) is 59.1 Å². The molecule has 1 saturated heterocycles. The number of likely N-dealkylation sites (N-methyl/N-ethyl adjacent to an activating group) is 1. The van der Waals surface area contributed by atoms with Gasteiger partial charge in [-0.25, -0.2) is 13.6 Å². The Morgan fingerprint density at radius 3 is 2.09 bits per heavy atom. The van der Waals surface area contributed by atoms with Crippen LogP contribution >= 0.6 is 23.2 Å². The van der Waals surface area contributed by atoms with Gasteiger partial charge < -0.3 is 19.1 Å². The molecule has 5 nitrogen and oxygen atoms in total. The molecule has 178 valence electrons. The van der Waals surface area contributed by atoms with E-state index in [-0.39, 0.29) is 39.4 Å². The van der Waals surface area contributed by atoms with E-state index in [2.05, 4.69) is 21.1 Å². The summed E-state index contributed by atoms with van der Waals surface area (Å²) >= 11 is 11.9. The van der Waals surface area contributed by atoms with E-state index in [1.807, 2.05) is 0 Å². The lowest BCUT2D eigenvalue weighted by Crippen LogP contribution is -2.50. The van der Waals surface area contributed by atoms with Crippen LogP contribution in [0.5, 0.6) is 0 Å². The first-order chi connectivity index (χ1) is 15.4. The molecule has 1 heterocycles. The average molecular weight is 501 g/mol. The van der Waals surface area contributed by atoms with Gasteiger partial charge >= 0.3 is 5.97 Å². The molecule has 2 aliphatic rings. The molecule has 0 aromatic heterocycles. The van der Waals surface area contributed by atoms with Crippen LogP contribution in [0.2, 0.25) is 10.0 Å². The molecule has 33 heavy (non-hydrogen) atoms. The summed E-state index contributed by atoms with van der Waals surface area (Å²) < 4.78 is 39.9. The zero-order valence-corrected chi connectivity index (χ0v) is 20.0. The lowest BCUT2D eigenvalue weighted by Gasteiger charge is -2.35. The number of nitrogens with zero attached hydrogens (tertiary/aromatic N) is 1. The number of aliphatic hydroxyl groups is 1. The van der Waals surface area contributed by atoms with Crippen molar-refractivity contribution in [2.75, 3.05) is 21.1 Å². The minimum Gasteiger partial charge on any atom is -0.459 e. The van der Waals surface area contributed by atoms with Crippen molar-refractivity contribution in [1.82, 2.24) is 0 Å². The van der Waals surface area contributed by atoms with Crippen molar-refractivity contribution < 1.29 is 32.6 Å². The van der Waals surface area contributed by atoms with E-state index in [4.69, 9.17) is 32.7 Å². The van der Waals surface area contributed by atoms with Gasteiger partial charge in [-0.3, -0.25) is 0 Å². The fourth-order valence-electron chi connectivity index (χ4n) is 4.54. The summed E-state index contributed by atoms with van der Waals surface area (Å²) in [5.41, 5.74) is -2.39. The number of hydrogen-bond donors (Lipinski definition) is 1. The zero-order valence-electron chi connectivity index (χ0n) is 18.5. The van der Waals surface area contributed by atoms with E-state index in [1.165, 1.54) is 12.1 Å². The largest absolute Gasteiger partial charge is 0.459 e. The van der Waals surface area contributed by atoms with Crippen LogP contribution in [0.3, 0.4) is 0 Å². The standard InChI is InChI=1S/C24H26Cl2F2NO4/c1-29(2,3)20-12-15(6-9-21-22(20)33-21)32-23(30)24(31,13-4-7-18(27)16(25)10-13)14-5-8-19(28)17(26)11-14/h4-5,7-8,10-11,15,20-22,31H,6,9,12H2,1-3H3/q+1/t15-,20?,21-,22?/m1/s1. The second-order valence-corrected chi connectivity index (χ2v) is 10.4. The zero-order chi connectivity index (χ0) is 24.1. The molecule has 9 heteroatoms. The summed E-state index contributed by atoms with van der Waals surface area (Å²) in [4.78, 5) is 13.5. The number of rotatable bonds is 5. The van der Waals surface area contributed by atoms with Gasteiger partial charge in [0.15, 0.2) is 0 Å². The van der Waals surface area contributed by atoms with E-state index < -0.39 is 29.3 Å². The van der Waals surface area contributed by atoms with Gasteiger partial charge in [-0.05, 0) is 37.1 Å².